The molecule has 2 heteroatoms. The molecule has 1 aliphatic heterocycles. The van der Waals surface area contributed by atoms with Gasteiger partial charge in [0.15, 0.2) is 0 Å². The van der Waals surface area contributed by atoms with Gasteiger partial charge in [-0.3, -0.25) is 4.99 Å². The van der Waals surface area contributed by atoms with Crippen LogP contribution < -0.4 is 0 Å². The first-order valence-corrected chi connectivity index (χ1v) is 4.09. The highest BCUT2D eigenvalue weighted by molar-refractivity contribution is 5.56. The molecule has 1 aliphatic rings. The Morgan fingerprint density at radius 2 is 2.00 bits per heavy atom. The van der Waals surface area contributed by atoms with E-state index < -0.39 is 0 Å². The Kier molecular flexibility index (Phi) is 6.24. The Morgan fingerprint density at radius 3 is 2.20 bits per heavy atom. The molecular formula is C8H18N2. The second-order valence-corrected chi connectivity index (χ2v) is 2.36. The first-order valence-electron chi connectivity index (χ1n) is 4.09. The zero-order valence-electron chi connectivity index (χ0n) is 7.30. The SMILES string of the molecule is CCC.CCN1C=NCC1. The molecule has 2 nitrogen and oxygen atoms in total. The third-order valence-corrected chi connectivity index (χ3v) is 1.17. The zero-order chi connectivity index (χ0) is 7.82. The molecule has 1 rings (SSSR count). The highest BCUT2D eigenvalue weighted by Gasteiger charge is 1.98. The van der Waals surface area contributed by atoms with Crippen LogP contribution in [0.15, 0.2) is 4.99 Å². The van der Waals surface area contributed by atoms with Gasteiger partial charge in [0.1, 0.15) is 0 Å². The van der Waals surface area contributed by atoms with Crippen molar-refractivity contribution in [2.24, 2.45) is 4.99 Å². The number of likely N-dealkylation sites (N-methyl/N-ethyl adjacent to an activating group) is 1. The van der Waals surface area contributed by atoms with Crippen LogP contribution in [0.3, 0.4) is 0 Å². The van der Waals surface area contributed by atoms with E-state index in [1.54, 1.807) is 0 Å². The van der Waals surface area contributed by atoms with Crippen molar-refractivity contribution in [2.75, 3.05) is 19.6 Å². The Labute approximate surface area is 63.9 Å². The number of hydrogen-bond acceptors (Lipinski definition) is 2. The van der Waals surface area contributed by atoms with Crippen molar-refractivity contribution in [3.05, 3.63) is 0 Å². The minimum Gasteiger partial charge on any atom is -0.361 e. The summed E-state index contributed by atoms with van der Waals surface area (Å²) in [7, 11) is 0. The summed E-state index contributed by atoms with van der Waals surface area (Å²) in [5, 5.41) is 0. The van der Waals surface area contributed by atoms with Crippen molar-refractivity contribution >= 4 is 6.34 Å². The lowest BCUT2D eigenvalue weighted by Gasteiger charge is -2.07. The molecule has 0 saturated carbocycles. The van der Waals surface area contributed by atoms with E-state index in [0.717, 1.165) is 19.6 Å². The van der Waals surface area contributed by atoms with Crippen LogP contribution in [0.2, 0.25) is 0 Å². The Bertz CT molecular complexity index is 89.3. The normalized spacial score (nSPS) is 14.9. The molecule has 60 valence electrons. The van der Waals surface area contributed by atoms with Crippen LogP contribution in [0.25, 0.3) is 0 Å². The summed E-state index contributed by atoms with van der Waals surface area (Å²) in [5.74, 6) is 0. The Balaban J connectivity index is 0.000000236. The molecule has 0 aliphatic carbocycles. The summed E-state index contributed by atoms with van der Waals surface area (Å²) in [4.78, 5) is 6.23. The summed E-state index contributed by atoms with van der Waals surface area (Å²) in [5.41, 5.74) is 0. The maximum absolute atomic E-state index is 4.04. The molecule has 0 unspecified atom stereocenters. The van der Waals surface area contributed by atoms with Gasteiger partial charge in [0, 0.05) is 13.1 Å². The summed E-state index contributed by atoms with van der Waals surface area (Å²) in [6, 6.07) is 0. The Morgan fingerprint density at radius 1 is 1.40 bits per heavy atom. The van der Waals surface area contributed by atoms with Gasteiger partial charge in [-0.15, -0.1) is 0 Å². The topological polar surface area (TPSA) is 15.6 Å². The molecule has 10 heavy (non-hydrogen) atoms. The zero-order valence-corrected chi connectivity index (χ0v) is 7.30. The van der Waals surface area contributed by atoms with Gasteiger partial charge >= 0.3 is 0 Å². The molecular weight excluding hydrogens is 124 g/mol. The average Bonchev–Trinajstić information content (AvgIpc) is 2.39. The van der Waals surface area contributed by atoms with E-state index in [9.17, 15) is 0 Å². The van der Waals surface area contributed by atoms with Crippen LogP contribution in [0, 0.1) is 0 Å². The molecule has 0 atom stereocenters. The fraction of sp³-hybridized carbons (Fsp3) is 0.875. The van der Waals surface area contributed by atoms with Crippen LogP contribution in [0.5, 0.6) is 0 Å². The molecule has 0 fully saturated rings. The van der Waals surface area contributed by atoms with Crippen LogP contribution in [0.1, 0.15) is 27.2 Å². The highest BCUT2D eigenvalue weighted by Crippen LogP contribution is 1.89. The van der Waals surface area contributed by atoms with Crippen LogP contribution >= 0.6 is 0 Å². The van der Waals surface area contributed by atoms with Crippen LogP contribution in [-0.2, 0) is 0 Å². The lowest BCUT2D eigenvalue weighted by atomic mass is 10.6. The highest BCUT2D eigenvalue weighted by atomic mass is 15.2. The van der Waals surface area contributed by atoms with Gasteiger partial charge in [-0.2, -0.15) is 0 Å². The van der Waals surface area contributed by atoms with E-state index in [-0.39, 0.29) is 0 Å². The van der Waals surface area contributed by atoms with Crippen molar-refractivity contribution in [3.63, 3.8) is 0 Å². The van der Waals surface area contributed by atoms with E-state index in [1.807, 2.05) is 6.34 Å². The largest absolute Gasteiger partial charge is 0.361 e. The van der Waals surface area contributed by atoms with Crippen LogP contribution in [-0.4, -0.2) is 30.9 Å². The minimum atomic E-state index is 0.994. The van der Waals surface area contributed by atoms with Crippen molar-refractivity contribution in [3.8, 4) is 0 Å². The first kappa shape index (κ1) is 9.47. The van der Waals surface area contributed by atoms with E-state index in [0.29, 0.717) is 0 Å². The van der Waals surface area contributed by atoms with Gasteiger partial charge in [-0.05, 0) is 6.92 Å². The number of rotatable bonds is 1. The molecule has 0 aromatic rings. The molecule has 0 saturated heterocycles. The summed E-state index contributed by atoms with van der Waals surface area (Å²) in [6.45, 7) is 9.60. The molecule has 0 bridgehead atoms. The average molecular weight is 142 g/mol. The van der Waals surface area contributed by atoms with E-state index >= 15 is 0 Å². The van der Waals surface area contributed by atoms with Gasteiger partial charge in [0.2, 0.25) is 0 Å². The quantitative estimate of drug-likeness (QED) is 0.544. The summed E-state index contributed by atoms with van der Waals surface area (Å²) >= 11 is 0. The minimum absolute atomic E-state index is 0.994. The smallest absolute Gasteiger partial charge is 0.0851 e. The van der Waals surface area contributed by atoms with Crippen LogP contribution in [0.4, 0.5) is 0 Å². The fourth-order valence-electron chi connectivity index (χ4n) is 0.657. The van der Waals surface area contributed by atoms with Crippen molar-refractivity contribution in [2.45, 2.75) is 27.2 Å². The third kappa shape index (κ3) is 4.36. The molecule has 0 spiro atoms. The van der Waals surface area contributed by atoms with Crippen molar-refractivity contribution < 1.29 is 0 Å². The summed E-state index contributed by atoms with van der Waals surface area (Å²) in [6.07, 6.45) is 3.17. The van der Waals surface area contributed by atoms with E-state index in [1.165, 1.54) is 6.42 Å². The van der Waals surface area contributed by atoms with Gasteiger partial charge in [0.25, 0.3) is 0 Å². The molecule has 0 aromatic carbocycles. The lowest BCUT2D eigenvalue weighted by Crippen LogP contribution is -2.18. The molecule has 0 N–H and O–H groups in total. The van der Waals surface area contributed by atoms with E-state index in [4.69, 9.17) is 0 Å². The maximum atomic E-state index is 4.04. The first-order chi connectivity index (χ1) is 4.85. The standard InChI is InChI=1S/C5H10N2.C3H8/c1-2-7-4-3-6-5-7;1-3-2/h5H,2-4H2,1H3;3H2,1-2H3. The molecule has 1 heterocycles. The second-order valence-electron chi connectivity index (χ2n) is 2.36. The number of hydrogen-bond donors (Lipinski definition) is 0. The molecule has 0 radical (unpaired) electrons. The maximum Gasteiger partial charge on any atom is 0.0851 e. The summed E-state index contributed by atoms with van der Waals surface area (Å²) < 4.78 is 0. The predicted molar refractivity (Wildman–Crippen MR) is 46.6 cm³/mol. The molecule has 0 aromatic heterocycles. The predicted octanol–water partition coefficient (Wildman–Crippen LogP) is 1.77. The molecule has 0 amide bonds. The van der Waals surface area contributed by atoms with Crippen molar-refractivity contribution in [1.29, 1.82) is 0 Å². The monoisotopic (exact) mass is 142 g/mol. The second kappa shape index (κ2) is 6.59. The van der Waals surface area contributed by atoms with Crippen molar-refractivity contribution in [1.82, 2.24) is 4.90 Å². The van der Waals surface area contributed by atoms with Gasteiger partial charge in [0.05, 0.1) is 12.9 Å². The van der Waals surface area contributed by atoms with Gasteiger partial charge < -0.3 is 4.90 Å². The van der Waals surface area contributed by atoms with E-state index in [2.05, 4.69) is 30.7 Å². The number of nitrogens with zero attached hydrogens (tertiary/aromatic N) is 2. The lowest BCUT2D eigenvalue weighted by molar-refractivity contribution is 0.494. The van der Waals surface area contributed by atoms with Gasteiger partial charge in [-0.1, -0.05) is 20.3 Å². The Hall–Kier alpha value is -0.530. The third-order valence-electron chi connectivity index (χ3n) is 1.17. The number of aliphatic imine (C=N–C) groups is 1. The fourth-order valence-corrected chi connectivity index (χ4v) is 0.657. The van der Waals surface area contributed by atoms with Gasteiger partial charge in [-0.25, -0.2) is 0 Å².